The van der Waals surface area contributed by atoms with Gasteiger partial charge in [-0.05, 0) is 32.8 Å². The number of aryl methyl sites for hydroxylation is 2. The molecule has 7 nitrogen and oxygen atoms in total. The van der Waals surface area contributed by atoms with E-state index in [9.17, 15) is 30.4 Å². The van der Waals surface area contributed by atoms with Gasteiger partial charge in [0.05, 0.1) is 11.4 Å². The van der Waals surface area contributed by atoms with Crippen LogP contribution < -0.4 is 4.72 Å². The zero-order valence-electron chi connectivity index (χ0n) is 15.5. The number of aromatic nitrogens is 4. The SMILES string of the molecule is Cc1nn(C(F)F)c(C)c1S(=O)(=O)NC[C@@H](C)Cn1nc(C(F)(F)F)cc1C. The molecule has 158 valence electrons. The Morgan fingerprint density at radius 1 is 1.18 bits per heavy atom. The van der Waals surface area contributed by atoms with Crippen molar-refractivity contribution in [2.75, 3.05) is 6.54 Å². The summed E-state index contributed by atoms with van der Waals surface area (Å²) in [5, 5.41) is 7.03. The number of nitrogens with zero attached hydrogens (tertiary/aromatic N) is 4. The van der Waals surface area contributed by atoms with E-state index in [4.69, 9.17) is 0 Å². The van der Waals surface area contributed by atoms with Gasteiger partial charge in [0, 0.05) is 18.8 Å². The van der Waals surface area contributed by atoms with Crippen LogP contribution in [-0.4, -0.2) is 34.5 Å². The Bertz CT molecular complexity index is 949. The summed E-state index contributed by atoms with van der Waals surface area (Å²) >= 11 is 0. The summed E-state index contributed by atoms with van der Waals surface area (Å²) in [6, 6.07) is 0.905. The Balaban J connectivity index is 2.11. The molecule has 0 unspecified atom stereocenters. The predicted octanol–water partition coefficient (Wildman–Crippen LogP) is 3.03. The van der Waals surface area contributed by atoms with Crippen LogP contribution >= 0.6 is 0 Å². The number of alkyl halides is 5. The summed E-state index contributed by atoms with van der Waals surface area (Å²) < 4.78 is 92.7. The van der Waals surface area contributed by atoms with Gasteiger partial charge < -0.3 is 0 Å². The number of rotatable bonds is 7. The fourth-order valence-electron chi connectivity index (χ4n) is 2.74. The van der Waals surface area contributed by atoms with Crippen molar-refractivity contribution in [3.63, 3.8) is 0 Å². The van der Waals surface area contributed by atoms with Gasteiger partial charge in [-0.1, -0.05) is 6.92 Å². The number of hydrogen-bond acceptors (Lipinski definition) is 4. The molecule has 0 amide bonds. The van der Waals surface area contributed by atoms with E-state index in [1.54, 1.807) is 6.92 Å². The van der Waals surface area contributed by atoms with Gasteiger partial charge >= 0.3 is 12.7 Å². The molecule has 2 rings (SSSR count). The van der Waals surface area contributed by atoms with Gasteiger partial charge in [-0.25, -0.2) is 17.8 Å². The lowest BCUT2D eigenvalue weighted by molar-refractivity contribution is -0.141. The Morgan fingerprint density at radius 3 is 2.25 bits per heavy atom. The highest BCUT2D eigenvalue weighted by atomic mass is 32.2. The lowest BCUT2D eigenvalue weighted by atomic mass is 10.2. The van der Waals surface area contributed by atoms with Crippen LogP contribution in [0, 0.1) is 26.7 Å². The topological polar surface area (TPSA) is 81.8 Å². The fraction of sp³-hybridized carbons (Fsp3) is 0.600. The van der Waals surface area contributed by atoms with Gasteiger partial charge in [0.1, 0.15) is 4.90 Å². The first-order chi connectivity index (χ1) is 12.7. The van der Waals surface area contributed by atoms with Crippen LogP contribution in [0.5, 0.6) is 0 Å². The summed E-state index contributed by atoms with van der Waals surface area (Å²) in [7, 11) is -4.13. The third kappa shape index (κ3) is 4.69. The molecule has 0 radical (unpaired) electrons. The second-order valence-electron chi connectivity index (χ2n) is 6.53. The van der Waals surface area contributed by atoms with E-state index in [0.29, 0.717) is 4.68 Å². The number of sulfonamides is 1. The first kappa shape index (κ1) is 22.3. The van der Waals surface area contributed by atoms with Crippen molar-refractivity contribution in [3.05, 3.63) is 28.8 Å². The summed E-state index contributed by atoms with van der Waals surface area (Å²) in [5.74, 6) is -0.416. The molecule has 1 N–H and O–H groups in total. The second-order valence-corrected chi connectivity index (χ2v) is 8.23. The normalized spacial score (nSPS) is 14.1. The molecular formula is C15H20F5N5O2S. The van der Waals surface area contributed by atoms with E-state index in [2.05, 4.69) is 14.9 Å². The zero-order chi connectivity index (χ0) is 21.4. The molecule has 0 aliphatic carbocycles. The average molecular weight is 429 g/mol. The summed E-state index contributed by atoms with van der Waals surface area (Å²) in [6.07, 6.45) is -4.57. The van der Waals surface area contributed by atoms with E-state index < -0.39 is 34.4 Å². The van der Waals surface area contributed by atoms with Crippen LogP contribution in [0.1, 0.15) is 36.2 Å². The molecule has 0 fully saturated rings. The van der Waals surface area contributed by atoms with Gasteiger partial charge in [0.2, 0.25) is 10.0 Å². The monoisotopic (exact) mass is 429 g/mol. The van der Waals surface area contributed by atoms with Crippen LogP contribution in [0.2, 0.25) is 0 Å². The standard InChI is InChI=1S/C15H20F5N5O2S/c1-8(7-24-9(2)5-12(23-24)15(18,19)20)6-21-28(26,27)13-10(3)22-25(11(13)4)14(16)17/h5,8,14,21H,6-7H2,1-4H3/t8-/m1/s1. The number of hydrogen-bond donors (Lipinski definition) is 1. The molecule has 2 aromatic heterocycles. The van der Waals surface area contributed by atoms with Gasteiger partial charge in [-0.3, -0.25) is 4.68 Å². The molecule has 0 saturated heterocycles. The van der Waals surface area contributed by atoms with E-state index in [1.165, 1.54) is 20.8 Å². The van der Waals surface area contributed by atoms with Crippen molar-refractivity contribution in [2.45, 2.75) is 51.9 Å². The summed E-state index contributed by atoms with van der Waals surface area (Å²) in [4.78, 5) is -0.338. The van der Waals surface area contributed by atoms with Crippen molar-refractivity contribution in [1.82, 2.24) is 24.3 Å². The number of nitrogens with one attached hydrogen (secondary N) is 1. The molecular weight excluding hydrogens is 409 g/mol. The molecule has 0 bridgehead atoms. The average Bonchev–Trinajstić information content (AvgIpc) is 3.06. The maximum absolute atomic E-state index is 12.9. The fourth-order valence-corrected chi connectivity index (χ4v) is 4.30. The smallest absolute Gasteiger partial charge is 0.269 e. The van der Waals surface area contributed by atoms with Crippen molar-refractivity contribution in [1.29, 1.82) is 0 Å². The van der Waals surface area contributed by atoms with Gasteiger partial charge in [-0.2, -0.15) is 32.1 Å². The molecule has 2 aromatic rings. The third-order valence-corrected chi connectivity index (χ3v) is 5.77. The first-order valence-corrected chi connectivity index (χ1v) is 9.67. The van der Waals surface area contributed by atoms with Crippen LogP contribution in [0.3, 0.4) is 0 Å². The molecule has 0 spiro atoms. The Hall–Kier alpha value is -2.02. The van der Waals surface area contributed by atoms with E-state index in [-0.39, 0.29) is 35.1 Å². The van der Waals surface area contributed by atoms with Crippen LogP contribution in [0.15, 0.2) is 11.0 Å². The van der Waals surface area contributed by atoms with E-state index in [0.717, 1.165) is 10.7 Å². The van der Waals surface area contributed by atoms with Crippen LogP contribution in [0.25, 0.3) is 0 Å². The maximum Gasteiger partial charge on any atom is 0.435 e. The molecule has 0 aliphatic rings. The number of halogens is 5. The Morgan fingerprint density at radius 2 is 1.79 bits per heavy atom. The molecule has 0 aromatic carbocycles. The van der Waals surface area contributed by atoms with Crippen molar-refractivity contribution in [3.8, 4) is 0 Å². The Labute approximate surface area is 158 Å². The van der Waals surface area contributed by atoms with Gasteiger partial charge in [-0.15, -0.1) is 0 Å². The Kier molecular flexibility index (Phi) is 6.19. The first-order valence-electron chi connectivity index (χ1n) is 8.19. The van der Waals surface area contributed by atoms with Crippen molar-refractivity contribution in [2.24, 2.45) is 5.92 Å². The second kappa shape index (κ2) is 7.78. The predicted molar refractivity (Wildman–Crippen MR) is 89.3 cm³/mol. The van der Waals surface area contributed by atoms with Gasteiger partial charge in [0.25, 0.3) is 0 Å². The highest BCUT2D eigenvalue weighted by molar-refractivity contribution is 7.89. The largest absolute Gasteiger partial charge is 0.435 e. The molecule has 0 aliphatic heterocycles. The lowest BCUT2D eigenvalue weighted by Crippen LogP contribution is -2.31. The van der Waals surface area contributed by atoms with Crippen LogP contribution in [-0.2, 0) is 22.7 Å². The molecule has 2 heterocycles. The minimum Gasteiger partial charge on any atom is -0.269 e. The van der Waals surface area contributed by atoms with Crippen LogP contribution in [0.4, 0.5) is 22.0 Å². The van der Waals surface area contributed by atoms with E-state index in [1.807, 2.05) is 0 Å². The minimum atomic E-state index is -4.57. The zero-order valence-corrected chi connectivity index (χ0v) is 16.4. The summed E-state index contributed by atoms with van der Waals surface area (Å²) in [5.41, 5.74) is -1.02. The molecule has 0 saturated carbocycles. The quantitative estimate of drug-likeness (QED) is 0.686. The highest BCUT2D eigenvalue weighted by Crippen LogP contribution is 2.28. The van der Waals surface area contributed by atoms with Crippen molar-refractivity contribution >= 4 is 10.0 Å². The molecule has 13 heteroatoms. The molecule has 28 heavy (non-hydrogen) atoms. The molecule has 1 atom stereocenters. The minimum absolute atomic E-state index is 0.0404. The van der Waals surface area contributed by atoms with Gasteiger partial charge in [0.15, 0.2) is 5.69 Å². The third-order valence-electron chi connectivity index (χ3n) is 4.09. The summed E-state index contributed by atoms with van der Waals surface area (Å²) in [6.45, 7) is 2.54. The highest BCUT2D eigenvalue weighted by Gasteiger charge is 2.34. The lowest BCUT2D eigenvalue weighted by Gasteiger charge is -2.14. The van der Waals surface area contributed by atoms with Crippen molar-refractivity contribution < 1.29 is 30.4 Å². The maximum atomic E-state index is 12.9. The van der Waals surface area contributed by atoms with E-state index >= 15 is 0 Å².